The minimum atomic E-state index is -0.579. The Kier molecular flexibility index (Phi) is 3.14. The summed E-state index contributed by atoms with van der Waals surface area (Å²) in [5.74, 6) is -0.403. The molecule has 0 saturated carbocycles. The number of methoxy groups -OCH3 is 2. The van der Waals surface area contributed by atoms with E-state index in [1.165, 1.54) is 20.4 Å². The van der Waals surface area contributed by atoms with Gasteiger partial charge in [-0.1, -0.05) is 11.6 Å². The third-order valence-corrected chi connectivity index (χ3v) is 1.91. The van der Waals surface area contributed by atoms with Crippen molar-refractivity contribution in [3.05, 3.63) is 16.9 Å². The number of halogens is 1. The Bertz CT molecular complexity index is 368. The lowest BCUT2D eigenvalue weighted by Gasteiger charge is -2.08. The van der Waals surface area contributed by atoms with E-state index in [-0.39, 0.29) is 22.2 Å². The fourth-order valence-corrected chi connectivity index (χ4v) is 1.18. The highest BCUT2D eigenvalue weighted by atomic mass is 35.5. The molecule has 0 unspecified atom stereocenters. The minimum absolute atomic E-state index is 0.109. The molecule has 0 spiro atoms. The zero-order valence-electron chi connectivity index (χ0n) is 7.70. The van der Waals surface area contributed by atoms with Gasteiger partial charge in [0.25, 0.3) is 0 Å². The molecule has 0 aromatic carbocycles. The first-order valence-electron chi connectivity index (χ1n) is 3.68. The van der Waals surface area contributed by atoms with Gasteiger partial charge in [0.2, 0.25) is 0 Å². The molecule has 0 saturated heterocycles. The van der Waals surface area contributed by atoms with E-state index in [1.807, 2.05) is 0 Å². The van der Waals surface area contributed by atoms with E-state index in [0.717, 1.165) is 0 Å². The number of ether oxygens (including phenoxy) is 2. The molecule has 0 amide bonds. The number of aromatic nitrogens is 1. The molecule has 76 valence electrons. The van der Waals surface area contributed by atoms with E-state index in [2.05, 4.69) is 9.72 Å². The number of carbonyl (C=O) groups excluding carboxylic acids is 1. The van der Waals surface area contributed by atoms with Gasteiger partial charge in [-0.2, -0.15) is 0 Å². The highest BCUT2D eigenvalue weighted by molar-refractivity contribution is 6.31. The van der Waals surface area contributed by atoms with Crippen LogP contribution in [0.2, 0.25) is 5.15 Å². The second-order valence-electron chi connectivity index (χ2n) is 2.40. The van der Waals surface area contributed by atoms with Crippen molar-refractivity contribution in [3.63, 3.8) is 0 Å². The summed E-state index contributed by atoms with van der Waals surface area (Å²) in [5, 5.41) is 0.109. The Hall–Kier alpha value is -1.49. The molecule has 14 heavy (non-hydrogen) atoms. The van der Waals surface area contributed by atoms with Crippen molar-refractivity contribution in [1.82, 2.24) is 4.98 Å². The molecule has 5 nitrogen and oxygen atoms in total. The molecule has 6 heteroatoms. The smallest absolute Gasteiger partial charge is 0.341 e. The molecule has 0 bridgehead atoms. The van der Waals surface area contributed by atoms with Crippen molar-refractivity contribution >= 4 is 23.3 Å². The average molecular weight is 217 g/mol. The topological polar surface area (TPSA) is 74.4 Å². The van der Waals surface area contributed by atoms with Crippen LogP contribution in [0.25, 0.3) is 0 Å². The Morgan fingerprint density at radius 1 is 1.57 bits per heavy atom. The van der Waals surface area contributed by atoms with Crippen LogP contribution >= 0.6 is 11.6 Å². The summed E-state index contributed by atoms with van der Waals surface area (Å²) in [6.45, 7) is 0. The predicted octanol–water partition coefficient (Wildman–Crippen LogP) is 1.11. The highest BCUT2D eigenvalue weighted by Gasteiger charge is 2.17. The number of esters is 1. The van der Waals surface area contributed by atoms with Crippen molar-refractivity contribution in [2.75, 3.05) is 20.0 Å². The molecule has 1 heterocycles. The molecular weight excluding hydrogens is 208 g/mol. The van der Waals surface area contributed by atoms with Crippen LogP contribution in [0.1, 0.15) is 10.4 Å². The van der Waals surface area contributed by atoms with E-state index in [1.54, 1.807) is 0 Å². The zero-order chi connectivity index (χ0) is 10.7. The molecule has 0 aliphatic carbocycles. The zero-order valence-corrected chi connectivity index (χ0v) is 8.46. The lowest BCUT2D eigenvalue weighted by atomic mass is 10.2. The predicted molar refractivity (Wildman–Crippen MR) is 51.6 cm³/mol. The van der Waals surface area contributed by atoms with Gasteiger partial charge in [0.05, 0.1) is 19.9 Å². The summed E-state index contributed by atoms with van der Waals surface area (Å²) in [4.78, 5) is 14.9. The molecule has 0 aliphatic rings. The number of nitrogen functional groups attached to an aromatic ring is 1. The second kappa shape index (κ2) is 4.15. The molecule has 2 N–H and O–H groups in total. The maximum atomic E-state index is 11.2. The molecule has 0 atom stereocenters. The van der Waals surface area contributed by atoms with Crippen molar-refractivity contribution in [2.45, 2.75) is 0 Å². The SMILES string of the molecule is COC(=O)c1cnc(Cl)c(OC)c1N. The summed E-state index contributed by atoms with van der Waals surface area (Å²) in [5.41, 5.74) is 5.88. The molecule has 1 aromatic heterocycles. The van der Waals surface area contributed by atoms with Gasteiger partial charge in [0, 0.05) is 6.20 Å². The van der Waals surface area contributed by atoms with Crippen molar-refractivity contribution in [1.29, 1.82) is 0 Å². The van der Waals surface area contributed by atoms with Crippen molar-refractivity contribution < 1.29 is 14.3 Å². The van der Waals surface area contributed by atoms with Gasteiger partial charge in [0.15, 0.2) is 10.9 Å². The second-order valence-corrected chi connectivity index (χ2v) is 2.76. The van der Waals surface area contributed by atoms with Crippen LogP contribution in [0, 0.1) is 0 Å². The van der Waals surface area contributed by atoms with E-state index in [0.29, 0.717) is 0 Å². The number of pyridine rings is 1. The summed E-state index contributed by atoms with van der Waals surface area (Å²) >= 11 is 5.68. The van der Waals surface area contributed by atoms with Crippen LogP contribution in [0.15, 0.2) is 6.20 Å². The van der Waals surface area contributed by atoms with Crippen LogP contribution in [-0.2, 0) is 4.74 Å². The van der Waals surface area contributed by atoms with Gasteiger partial charge in [-0.05, 0) is 0 Å². The van der Waals surface area contributed by atoms with Crippen molar-refractivity contribution in [2.24, 2.45) is 0 Å². The standard InChI is InChI=1S/C8H9ClN2O3/c1-13-6-5(10)4(8(12)14-2)3-11-7(6)9/h3H,1-2H3,(H2,10,11). The summed E-state index contributed by atoms with van der Waals surface area (Å²) in [6.07, 6.45) is 1.24. The van der Waals surface area contributed by atoms with Crippen LogP contribution < -0.4 is 10.5 Å². The van der Waals surface area contributed by atoms with Crippen molar-refractivity contribution in [3.8, 4) is 5.75 Å². The monoisotopic (exact) mass is 216 g/mol. The lowest BCUT2D eigenvalue weighted by molar-refractivity contribution is 0.0601. The first-order valence-corrected chi connectivity index (χ1v) is 4.05. The van der Waals surface area contributed by atoms with E-state index >= 15 is 0 Å². The fraction of sp³-hybridized carbons (Fsp3) is 0.250. The Labute approximate surface area is 85.8 Å². The quantitative estimate of drug-likeness (QED) is 0.592. The van der Waals surface area contributed by atoms with E-state index in [9.17, 15) is 4.79 Å². The number of carbonyl (C=O) groups is 1. The Morgan fingerprint density at radius 2 is 2.21 bits per heavy atom. The number of hydrogen-bond acceptors (Lipinski definition) is 5. The summed E-state index contributed by atoms with van der Waals surface area (Å²) in [6, 6.07) is 0. The third-order valence-electron chi connectivity index (χ3n) is 1.64. The van der Waals surface area contributed by atoms with Gasteiger partial charge in [0.1, 0.15) is 5.56 Å². The fourth-order valence-electron chi connectivity index (χ4n) is 0.950. The van der Waals surface area contributed by atoms with Crippen LogP contribution in [0.4, 0.5) is 5.69 Å². The molecular formula is C8H9ClN2O3. The van der Waals surface area contributed by atoms with Gasteiger partial charge in [-0.15, -0.1) is 0 Å². The van der Waals surface area contributed by atoms with Crippen LogP contribution in [0.5, 0.6) is 5.75 Å². The molecule has 1 rings (SSSR count). The number of hydrogen-bond donors (Lipinski definition) is 1. The van der Waals surface area contributed by atoms with Gasteiger partial charge in [-0.3, -0.25) is 0 Å². The number of anilines is 1. The van der Waals surface area contributed by atoms with E-state index in [4.69, 9.17) is 22.1 Å². The molecule has 1 aromatic rings. The lowest BCUT2D eigenvalue weighted by Crippen LogP contribution is -2.08. The molecule has 0 radical (unpaired) electrons. The maximum Gasteiger partial charge on any atom is 0.341 e. The number of nitrogens with two attached hydrogens (primary N) is 1. The summed E-state index contributed by atoms with van der Waals surface area (Å²) in [7, 11) is 2.64. The first kappa shape index (κ1) is 10.6. The highest BCUT2D eigenvalue weighted by Crippen LogP contribution is 2.31. The minimum Gasteiger partial charge on any atom is -0.491 e. The largest absolute Gasteiger partial charge is 0.491 e. The Morgan fingerprint density at radius 3 is 2.71 bits per heavy atom. The average Bonchev–Trinajstić information content (AvgIpc) is 2.18. The Balaban J connectivity index is 3.28. The third kappa shape index (κ3) is 1.72. The number of rotatable bonds is 2. The summed E-state index contributed by atoms with van der Waals surface area (Å²) < 4.78 is 9.38. The number of nitrogens with zero attached hydrogens (tertiary/aromatic N) is 1. The normalized spacial score (nSPS) is 9.64. The van der Waals surface area contributed by atoms with Crippen LogP contribution in [-0.4, -0.2) is 25.2 Å². The molecule has 0 fully saturated rings. The van der Waals surface area contributed by atoms with Gasteiger partial charge in [-0.25, -0.2) is 9.78 Å². The van der Waals surface area contributed by atoms with Crippen LogP contribution in [0.3, 0.4) is 0 Å². The maximum absolute atomic E-state index is 11.2. The first-order chi connectivity index (χ1) is 6.61. The molecule has 0 aliphatic heterocycles. The van der Waals surface area contributed by atoms with E-state index < -0.39 is 5.97 Å². The van der Waals surface area contributed by atoms with Gasteiger partial charge < -0.3 is 15.2 Å². The van der Waals surface area contributed by atoms with Gasteiger partial charge >= 0.3 is 5.97 Å².